The van der Waals surface area contributed by atoms with E-state index in [9.17, 15) is 0 Å². The maximum Gasteiger partial charge on any atom is 0 e. The molecule has 0 aliphatic carbocycles. The average Bonchev–Trinajstić information content (AvgIpc) is 0. The Kier molecular flexibility index (Phi) is 140000. The van der Waals surface area contributed by atoms with Crippen molar-refractivity contribution in [2.75, 3.05) is 0 Å². The van der Waals surface area contributed by atoms with Gasteiger partial charge in [-0.2, -0.15) is 0 Å². The molecule has 0 aromatic rings. The quantitative estimate of drug-likeness (QED) is 0.307. The third kappa shape index (κ3) is 523. The van der Waals surface area contributed by atoms with Crippen LogP contribution in [0.25, 0.3) is 0 Å². The molecule has 4 radical (unpaired) electrons. The topological polar surface area (TPSA) is 0 Å². The van der Waals surface area contributed by atoms with Gasteiger partial charge < -0.3 is 28.2 Å². The summed E-state index contributed by atoms with van der Waals surface area (Å²) < 4.78 is 0. The Morgan fingerprint density at radius 1 is 0.286 bits per heavy atom. The molecule has 0 heterocycles. The molecular formula is F6Pb-6. The minimum atomic E-state index is 0. The molecule has 0 aromatic carbocycles. The monoisotopic (exact) mass is 322 g/mol. The van der Waals surface area contributed by atoms with Gasteiger partial charge in [0.2, 0.25) is 0 Å². The standard InChI is InChI=1S/6FH.Pb/h6*1H;/p-6. The van der Waals surface area contributed by atoms with Crippen LogP contribution in [-0.2, 0) is 0 Å². The van der Waals surface area contributed by atoms with Gasteiger partial charge in [-0.05, 0) is 0 Å². The Morgan fingerprint density at radius 3 is 0.286 bits per heavy atom. The van der Waals surface area contributed by atoms with E-state index in [4.69, 9.17) is 0 Å². The normalized spacial score (nSPS) is 0. The van der Waals surface area contributed by atoms with Crippen LogP contribution in [0.4, 0.5) is 0 Å². The first kappa shape index (κ1) is 1260. The average molecular weight is 321 g/mol. The third-order valence-corrected chi connectivity index (χ3v) is 0. The minimum absolute atomic E-state index is 0. The molecule has 0 nitrogen and oxygen atoms in total. The van der Waals surface area contributed by atoms with Gasteiger partial charge in [0.25, 0.3) is 0 Å². The van der Waals surface area contributed by atoms with Crippen molar-refractivity contribution in [3.63, 3.8) is 0 Å². The van der Waals surface area contributed by atoms with Crippen molar-refractivity contribution in [2.45, 2.75) is 0 Å². The second-order valence-electron chi connectivity index (χ2n) is 0. The molecule has 0 aliphatic rings. The van der Waals surface area contributed by atoms with E-state index in [1.54, 1.807) is 0 Å². The molecule has 0 saturated carbocycles. The van der Waals surface area contributed by atoms with Crippen LogP contribution in [0.3, 0.4) is 0 Å². The summed E-state index contributed by atoms with van der Waals surface area (Å²) in [5, 5.41) is 0. The minimum Gasteiger partial charge on any atom is -1.00 e. The van der Waals surface area contributed by atoms with E-state index in [1.807, 2.05) is 0 Å². The van der Waals surface area contributed by atoms with Gasteiger partial charge in [0.05, 0.1) is 0 Å². The van der Waals surface area contributed by atoms with Gasteiger partial charge in [0.15, 0.2) is 0 Å². The molecule has 0 amide bonds. The molecule has 7 heavy (non-hydrogen) atoms. The van der Waals surface area contributed by atoms with E-state index in [0.29, 0.717) is 0 Å². The predicted molar refractivity (Wildman–Crippen MR) is 5.75 cm³/mol. The number of halogens is 6. The Labute approximate surface area is 56.0 Å². The molecule has 0 unspecified atom stereocenters. The van der Waals surface area contributed by atoms with Crippen LogP contribution in [0.1, 0.15) is 0 Å². The van der Waals surface area contributed by atoms with Crippen molar-refractivity contribution >= 4 is 27.3 Å². The van der Waals surface area contributed by atoms with E-state index in [1.165, 1.54) is 0 Å². The number of hydrogen-bond donors (Lipinski definition) is 0. The molecule has 0 bridgehead atoms. The first-order valence-electron chi connectivity index (χ1n) is 0. The van der Waals surface area contributed by atoms with Crippen LogP contribution in [0.15, 0.2) is 0 Å². The molecule has 0 saturated heterocycles. The molecule has 0 N–H and O–H groups in total. The van der Waals surface area contributed by atoms with Crippen molar-refractivity contribution in [3.05, 3.63) is 0 Å². The third-order valence-electron chi connectivity index (χ3n) is 0. The second kappa shape index (κ2) is 781. The van der Waals surface area contributed by atoms with E-state index in [0.717, 1.165) is 0 Å². The van der Waals surface area contributed by atoms with E-state index in [2.05, 4.69) is 0 Å². The van der Waals surface area contributed by atoms with Crippen LogP contribution in [0.5, 0.6) is 0 Å². The maximum absolute atomic E-state index is 0. The number of hydrogen-bond acceptors (Lipinski definition) is 0. The van der Waals surface area contributed by atoms with Crippen molar-refractivity contribution in [3.8, 4) is 0 Å². The first-order chi connectivity index (χ1) is 0. The summed E-state index contributed by atoms with van der Waals surface area (Å²) in [5.74, 6) is 0. The molecule has 0 fully saturated rings. The molecule has 0 aromatic heterocycles. The summed E-state index contributed by atoms with van der Waals surface area (Å²) in [6, 6.07) is 0. The van der Waals surface area contributed by atoms with Crippen LogP contribution in [-0.4, -0.2) is 27.3 Å². The summed E-state index contributed by atoms with van der Waals surface area (Å²) in [6.07, 6.45) is 0. The van der Waals surface area contributed by atoms with Gasteiger partial charge in [-0.25, -0.2) is 0 Å². The summed E-state index contributed by atoms with van der Waals surface area (Å²) in [7, 11) is 0. The van der Waals surface area contributed by atoms with Gasteiger partial charge in [-0.15, -0.1) is 0 Å². The van der Waals surface area contributed by atoms with Crippen molar-refractivity contribution in [1.29, 1.82) is 0 Å². The Balaban J connectivity index is 0. The fourth-order valence-corrected chi connectivity index (χ4v) is 0. The van der Waals surface area contributed by atoms with E-state index in [-0.39, 0.29) is 55.5 Å². The van der Waals surface area contributed by atoms with Crippen molar-refractivity contribution in [2.24, 2.45) is 0 Å². The molecular weight excluding hydrogens is 321 g/mol. The first-order valence-corrected chi connectivity index (χ1v) is 0. The molecule has 0 aliphatic heterocycles. The van der Waals surface area contributed by atoms with Crippen LogP contribution in [0, 0.1) is 0 Å². The summed E-state index contributed by atoms with van der Waals surface area (Å²) in [4.78, 5) is 0. The zero-order valence-electron chi connectivity index (χ0n) is 2.77. The summed E-state index contributed by atoms with van der Waals surface area (Å²) in [5.41, 5.74) is 0. The zero-order valence-corrected chi connectivity index (χ0v) is 6.66. The van der Waals surface area contributed by atoms with Crippen LogP contribution < -0.4 is 28.2 Å². The SMILES string of the molecule is [F-].[F-].[F-].[F-].[F-].[F-].[Pb]. The number of rotatable bonds is 0. The summed E-state index contributed by atoms with van der Waals surface area (Å²) >= 11 is 0. The Bertz CT molecular complexity index is 4.14. The largest absolute Gasteiger partial charge is 1.00 e. The van der Waals surface area contributed by atoms with Crippen molar-refractivity contribution < 1.29 is 28.2 Å². The van der Waals surface area contributed by atoms with E-state index < -0.39 is 0 Å². The van der Waals surface area contributed by atoms with E-state index >= 15 is 0 Å². The Hall–Kier alpha value is 0.502. The van der Waals surface area contributed by atoms with Gasteiger partial charge in [0, 0.05) is 27.3 Å². The van der Waals surface area contributed by atoms with Gasteiger partial charge >= 0.3 is 0 Å². The van der Waals surface area contributed by atoms with Gasteiger partial charge in [-0.1, -0.05) is 0 Å². The van der Waals surface area contributed by atoms with Crippen LogP contribution >= 0.6 is 0 Å². The summed E-state index contributed by atoms with van der Waals surface area (Å²) in [6.45, 7) is 0. The van der Waals surface area contributed by atoms with Crippen LogP contribution in [0.2, 0.25) is 0 Å². The zero-order chi connectivity index (χ0) is 0. The fourth-order valence-electron chi connectivity index (χ4n) is 0. The van der Waals surface area contributed by atoms with Gasteiger partial charge in [0.1, 0.15) is 0 Å². The molecule has 0 atom stereocenters. The molecule has 7 heteroatoms. The van der Waals surface area contributed by atoms with Crippen molar-refractivity contribution in [1.82, 2.24) is 0 Å². The fraction of sp³-hybridized carbons (Fsp3) is 0. The Morgan fingerprint density at radius 2 is 0.286 bits per heavy atom. The molecule has 52 valence electrons. The molecule has 0 rings (SSSR count). The predicted octanol–water partition coefficient (Wildman–Crippen LogP) is -18.4. The second-order valence-corrected chi connectivity index (χ2v) is 0. The van der Waals surface area contributed by atoms with Gasteiger partial charge in [-0.3, -0.25) is 0 Å². The smallest absolute Gasteiger partial charge is 0 e. The maximum atomic E-state index is 0. The molecule has 0 spiro atoms.